The third-order valence-corrected chi connectivity index (χ3v) is 3.24. The Bertz CT molecular complexity index is 360. The quantitative estimate of drug-likeness (QED) is 0.791. The third kappa shape index (κ3) is 5.24. The molecule has 0 heterocycles. The molecule has 4 heteroatoms. The lowest BCUT2D eigenvalue weighted by Crippen LogP contribution is -2.31. The molecule has 94 valence electrons. The van der Waals surface area contributed by atoms with Crippen LogP contribution in [0.15, 0.2) is 29.2 Å². The molecule has 0 aliphatic carbocycles. The summed E-state index contributed by atoms with van der Waals surface area (Å²) in [4.78, 5) is 12.5. The maximum atomic E-state index is 11.5. The first-order valence-electron chi connectivity index (χ1n) is 5.76. The monoisotopic (exact) mass is 252 g/mol. The molecule has 0 aliphatic rings. The summed E-state index contributed by atoms with van der Waals surface area (Å²) in [6.07, 6.45) is 0. The lowest BCUT2D eigenvalue weighted by Gasteiger charge is -2.09. The van der Waals surface area contributed by atoms with Crippen molar-refractivity contribution < 1.29 is 4.79 Å². The molecule has 0 bridgehead atoms. The largest absolute Gasteiger partial charge is 0.353 e. The molecule has 17 heavy (non-hydrogen) atoms. The molecule has 0 fully saturated rings. The molecule has 0 spiro atoms. The van der Waals surface area contributed by atoms with Crippen molar-refractivity contribution in [1.29, 1.82) is 0 Å². The van der Waals surface area contributed by atoms with E-state index >= 15 is 0 Å². The lowest BCUT2D eigenvalue weighted by atomic mass is 10.1. The number of nitrogens with two attached hydrogens (primary N) is 1. The van der Waals surface area contributed by atoms with Gasteiger partial charge in [0.15, 0.2) is 0 Å². The molecular formula is C13H20N2OS. The number of carbonyl (C=O) groups excluding carboxylic acids is 1. The van der Waals surface area contributed by atoms with E-state index in [1.54, 1.807) is 0 Å². The Balaban J connectivity index is 2.44. The molecule has 0 radical (unpaired) electrons. The van der Waals surface area contributed by atoms with Gasteiger partial charge in [-0.15, -0.1) is 11.8 Å². The molecule has 1 amide bonds. The Morgan fingerprint density at radius 2 is 1.88 bits per heavy atom. The van der Waals surface area contributed by atoms with E-state index in [1.165, 1.54) is 11.8 Å². The first-order valence-corrected chi connectivity index (χ1v) is 6.75. The van der Waals surface area contributed by atoms with Crippen molar-refractivity contribution in [2.45, 2.75) is 37.8 Å². The fraction of sp³-hybridized carbons (Fsp3) is 0.462. The van der Waals surface area contributed by atoms with Gasteiger partial charge < -0.3 is 11.1 Å². The van der Waals surface area contributed by atoms with E-state index in [-0.39, 0.29) is 18.0 Å². The summed E-state index contributed by atoms with van der Waals surface area (Å²) in [5, 5.41) is 2.86. The molecule has 1 rings (SSSR count). The molecular weight excluding hydrogens is 232 g/mol. The van der Waals surface area contributed by atoms with E-state index in [4.69, 9.17) is 5.73 Å². The summed E-state index contributed by atoms with van der Waals surface area (Å²) >= 11 is 1.54. The Morgan fingerprint density at radius 1 is 1.29 bits per heavy atom. The second-order valence-electron chi connectivity index (χ2n) is 4.37. The molecule has 0 saturated heterocycles. The average Bonchev–Trinajstić information content (AvgIpc) is 2.26. The number of hydrogen-bond donors (Lipinski definition) is 2. The predicted molar refractivity (Wildman–Crippen MR) is 73.0 cm³/mol. The fourth-order valence-electron chi connectivity index (χ4n) is 1.38. The van der Waals surface area contributed by atoms with Crippen LogP contribution < -0.4 is 11.1 Å². The highest BCUT2D eigenvalue weighted by Crippen LogP contribution is 2.20. The van der Waals surface area contributed by atoms with Crippen LogP contribution in [-0.4, -0.2) is 17.7 Å². The zero-order chi connectivity index (χ0) is 12.8. The fourth-order valence-corrected chi connectivity index (χ4v) is 2.09. The normalized spacial score (nSPS) is 12.5. The predicted octanol–water partition coefficient (Wildman–Crippen LogP) is 2.32. The summed E-state index contributed by atoms with van der Waals surface area (Å²) in [5.41, 5.74) is 6.88. The van der Waals surface area contributed by atoms with Gasteiger partial charge >= 0.3 is 0 Å². The van der Waals surface area contributed by atoms with Crippen molar-refractivity contribution in [3.63, 3.8) is 0 Å². The van der Waals surface area contributed by atoms with Crippen molar-refractivity contribution in [3.05, 3.63) is 29.8 Å². The Hall–Kier alpha value is -1.00. The van der Waals surface area contributed by atoms with Crippen LogP contribution in [0.2, 0.25) is 0 Å². The minimum Gasteiger partial charge on any atom is -0.353 e. The van der Waals surface area contributed by atoms with Crippen molar-refractivity contribution in [3.8, 4) is 0 Å². The second kappa shape index (κ2) is 6.67. The molecule has 1 aromatic carbocycles. The number of rotatable bonds is 5. The number of carbonyl (C=O) groups is 1. The highest BCUT2D eigenvalue weighted by molar-refractivity contribution is 8.00. The van der Waals surface area contributed by atoms with E-state index < -0.39 is 0 Å². The first-order chi connectivity index (χ1) is 7.99. The van der Waals surface area contributed by atoms with Crippen molar-refractivity contribution in [2.24, 2.45) is 5.73 Å². The standard InChI is InChI=1S/C13H20N2OS/c1-9(2)15-13(16)8-17-12-6-4-11(5-7-12)10(3)14/h4-7,9-10H,8,14H2,1-3H3,(H,15,16)/t10-/m1/s1. The van der Waals surface area contributed by atoms with Gasteiger partial charge in [-0.3, -0.25) is 4.79 Å². The number of hydrogen-bond acceptors (Lipinski definition) is 3. The number of nitrogens with one attached hydrogen (secondary N) is 1. The minimum atomic E-state index is 0.0540. The van der Waals surface area contributed by atoms with Gasteiger partial charge in [0.05, 0.1) is 5.75 Å². The molecule has 0 aliphatic heterocycles. The molecule has 0 aromatic heterocycles. The summed E-state index contributed by atoms with van der Waals surface area (Å²) in [5.74, 6) is 0.525. The average molecular weight is 252 g/mol. The maximum Gasteiger partial charge on any atom is 0.230 e. The topological polar surface area (TPSA) is 55.1 Å². The van der Waals surface area contributed by atoms with Gasteiger partial charge in [0.1, 0.15) is 0 Å². The van der Waals surface area contributed by atoms with Crippen LogP contribution in [0.3, 0.4) is 0 Å². The van der Waals surface area contributed by atoms with Crippen LogP contribution in [0, 0.1) is 0 Å². The molecule has 0 saturated carbocycles. The summed E-state index contributed by atoms with van der Waals surface area (Å²) in [6.45, 7) is 5.87. The van der Waals surface area contributed by atoms with E-state index in [0.29, 0.717) is 5.75 Å². The van der Waals surface area contributed by atoms with E-state index in [9.17, 15) is 4.79 Å². The van der Waals surface area contributed by atoms with Crippen LogP contribution in [0.4, 0.5) is 0 Å². The Labute approximate surface area is 107 Å². The number of benzene rings is 1. The van der Waals surface area contributed by atoms with Gasteiger partial charge in [-0.25, -0.2) is 0 Å². The Kier molecular flexibility index (Phi) is 5.51. The van der Waals surface area contributed by atoms with E-state index in [0.717, 1.165) is 10.5 Å². The van der Waals surface area contributed by atoms with Crippen LogP contribution in [0.1, 0.15) is 32.4 Å². The summed E-state index contributed by atoms with van der Waals surface area (Å²) in [6, 6.07) is 8.28. The lowest BCUT2D eigenvalue weighted by molar-refractivity contribution is -0.119. The van der Waals surface area contributed by atoms with Crippen LogP contribution >= 0.6 is 11.8 Å². The van der Waals surface area contributed by atoms with Crippen molar-refractivity contribution >= 4 is 17.7 Å². The number of amides is 1. The zero-order valence-corrected chi connectivity index (χ0v) is 11.4. The van der Waals surface area contributed by atoms with Gasteiger partial charge in [-0.05, 0) is 38.5 Å². The second-order valence-corrected chi connectivity index (χ2v) is 5.42. The van der Waals surface area contributed by atoms with Crippen LogP contribution in [0.5, 0.6) is 0 Å². The van der Waals surface area contributed by atoms with E-state index in [1.807, 2.05) is 45.0 Å². The van der Waals surface area contributed by atoms with Crippen LogP contribution in [0.25, 0.3) is 0 Å². The smallest absolute Gasteiger partial charge is 0.230 e. The summed E-state index contributed by atoms with van der Waals surface area (Å²) < 4.78 is 0. The third-order valence-electron chi connectivity index (χ3n) is 2.23. The molecule has 3 N–H and O–H groups in total. The maximum absolute atomic E-state index is 11.5. The highest BCUT2D eigenvalue weighted by Gasteiger charge is 2.04. The molecule has 1 atom stereocenters. The van der Waals surface area contributed by atoms with Gasteiger partial charge in [0, 0.05) is 17.0 Å². The van der Waals surface area contributed by atoms with Crippen molar-refractivity contribution in [1.82, 2.24) is 5.32 Å². The minimum absolute atomic E-state index is 0.0540. The molecule has 0 unspecified atom stereocenters. The van der Waals surface area contributed by atoms with E-state index in [2.05, 4.69) is 5.32 Å². The molecule has 3 nitrogen and oxygen atoms in total. The van der Waals surface area contributed by atoms with Gasteiger partial charge in [0.2, 0.25) is 5.91 Å². The van der Waals surface area contributed by atoms with Gasteiger partial charge in [0.25, 0.3) is 0 Å². The zero-order valence-electron chi connectivity index (χ0n) is 10.6. The summed E-state index contributed by atoms with van der Waals surface area (Å²) in [7, 11) is 0. The first kappa shape index (κ1) is 14.1. The molecule has 1 aromatic rings. The highest BCUT2D eigenvalue weighted by atomic mass is 32.2. The SMILES string of the molecule is CC(C)NC(=O)CSc1ccc([C@@H](C)N)cc1. The van der Waals surface area contributed by atoms with Crippen molar-refractivity contribution in [2.75, 3.05) is 5.75 Å². The van der Waals surface area contributed by atoms with Gasteiger partial charge in [-0.1, -0.05) is 12.1 Å². The van der Waals surface area contributed by atoms with Crippen LogP contribution in [-0.2, 0) is 4.79 Å². The number of thioether (sulfide) groups is 1. The van der Waals surface area contributed by atoms with Gasteiger partial charge in [-0.2, -0.15) is 0 Å². The Morgan fingerprint density at radius 3 is 2.35 bits per heavy atom.